The summed E-state index contributed by atoms with van der Waals surface area (Å²) < 4.78 is 0. The fourth-order valence-electron chi connectivity index (χ4n) is 2.12. The van der Waals surface area contributed by atoms with E-state index in [0.717, 1.165) is 0 Å². The fraction of sp³-hybridized carbons (Fsp3) is 1.00. The van der Waals surface area contributed by atoms with Crippen LogP contribution >= 0.6 is 50.9 Å². The molecule has 96 valence electrons. The SMILES string of the molecule is Br.Br.Br.C1CCCCCCCCCCC1. The van der Waals surface area contributed by atoms with Crippen LogP contribution in [0.1, 0.15) is 77.0 Å². The lowest BCUT2D eigenvalue weighted by Gasteiger charge is -2.05. The smallest absolute Gasteiger partial charge is 0.0533 e. The quantitative estimate of drug-likeness (QED) is 0.432. The van der Waals surface area contributed by atoms with E-state index >= 15 is 0 Å². The van der Waals surface area contributed by atoms with Crippen LogP contribution in [0.15, 0.2) is 0 Å². The van der Waals surface area contributed by atoms with E-state index in [1.807, 2.05) is 0 Å². The monoisotopic (exact) mass is 408 g/mol. The molecule has 1 fully saturated rings. The Balaban J connectivity index is -0.000000480. The molecule has 3 heteroatoms. The molecule has 1 rings (SSSR count). The first-order valence-electron chi connectivity index (χ1n) is 6.00. The largest absolute Gasteiger partial charge is 0.114 e. The van der Waals surface area contributed by atoms with Crippen molar-refractivity contribution in [3.05, 3.63) is 0 Å². The number of hydrogen-bond acceptors (Lipinski definition) is 0. The first kappa shape index (κ1) is 21.7. The van der Waals surface area contributed by atoms with E-state index in [9.17, 15) is 0 Å². The molecule has 1 aliphatic carbocycles. The Morgan fingerprint density at radius 3 is 0.333 bits per heavy atom. The minimum absolute atomic E-state index is 0. The Hall–Kier alpha value is 1.44. The topological polar surface area (TPSA) is 0 Å². The zero-order valence-electron chi connectivity index (χ0n) is 9.71. The highest BCUT2D eigenvalue weighted by Crippen LogP contribution is 2.15. The van der Waals surface area contributed by atoms with Gasteiger partial charge in [-0.3, -0.25) is 0 Å². The second-order valence-corrected chi connectivity index (χ2v) is 4.24. The molecule has 1 aliphatic rings. The van der Waals surface area contributed by atoms with Crippen molar-refractivity contribution < 1.29 is 0 Å². The molecule has 0 radical (unpaired) electrons. The number of halogens is 3. The van der Waals surface area contributed by atoms with E-state index in [1.165, 1.54) is 77.0 Å². The van der Waals surface area contributed by atoms with Crippen molar-refractivity contribution in [1.29, 1.82) is 0 Å². The summed E-state index contributed by atoms with van der Waals surface area (Å²) in [5.41, 5.74) is 0. The van der Waals surface area contributed by atoms with Gasteiger partial charge >= 0.3 is 0 Å². The molecule has 0 N–H and O–H groups in total. The van der Waals surface area contributed by atoms with Gasteiger partial charge in [-0.15, -0.1) is 50.9 Å². The minimum Gasteiger partial charge on any atom is -0.114 e. The van der Waals surface area contributed by atoms with Crippen molar-refractivity contribution in [2.24, 2.45) is 0 Å². The van der Waals surface area contributed by atoms with Crippen LogP contribution in [-0.2, 0) is 0 Å². The molecular weight excluding hydrogens is 384 g/mol. The van der Waals surface area contributed by atoms with Crippen LogP contribution in [0.2, 0.25) is 0 Å². The molecule has 0 nitrogen and oxygen atoms in total. The predicted molar refractivity (Wildman–Crippen MR) is 86.4 cm³/mol. The third-order valence-corrected chi connectivity index (χ3v) is 3.00. The van der Waals surface area contributed by atoms with Gasteiger partial charge in [0.25, 0.3) is 0 Å². The number of hydrogen-bond donors (Lipinski definition) is 0. The minimum atomic E-state index is 0. The van der Waals surface area contributed by atoms with Gasteiger partial charge in [-0.05, 0) is 0 Å². The third kappa shape index (κ3) is 15.4. The lowest BCUT2D eigenvalue weighted by Crippen LogP contribution is -1.85. The van der Waals surface area contributed by atoms with Crippen LogP contribution in [0, 0.1) is 0 Å². The summed E-state index contributed by atoms with van der Waals surface area (Å²) >= 11 is 0. The van der Waals surface area contributed by atoms with E-state index in [1.54, 1.807) is 0 Å². The molecule has 0 atom stereocenters. The van der Waals surface area contributed by atoms with Gasteiger partial charge in [0.05, 0.1) is 0 Å². The van der Waals surface area contributed by atoms with Gasteiger partial charge in [-0.25, -0.2) is 0 Å². The van der Waals surface area contributed by atoms with Gasteiger partial charge < -0.3 is 0 Å². The van der Waals surface area contributed by atoms with E-state index < -0.39 is 0 Å². The van der Waals surface area contributed by atoms with E-state index in [0.29, 0.717) is 0 Å². The Morgan fingerprint density at radius 1 is 0.200 bits per heavy atom. The second kappa shape index (κ2) is 17.8. The molecule has 0 aliphatic heterocycles. The summed E-state index contributed by atoms with van der Waals surface area (Å²) in [7, 11) is 0. The summed E-state index contributed by atoms with van der Waals surface area (Å²) in [6.07, 6.45) is 18.0. The summed E-state index contributed by atoms with van der Waals surface area (Å²) in [6, 6.07) is 0. The second-order valence-electron chi connectivity index (χ2n) is 4.24. The highest BCUT2D eigenvalue weighted by Gasteiger charge is 1.96. The Morgan fingerprint density at radius 2 is 0.267 bits per heavy atom. The zero-order chi connectivity index (χ0) is 8.49. The van der Waals surface area contributed by atoms with Gasteiger partial charge in [-0.2, -0.15) is 0 Å². The summed E-state index contributed by atoms with van der Waals surface area (Å²) in [6.45, 7) is 0. The Bertz CT molecular complexity index is 53.8. The molecule has 0 amide bonds. The number of rotatable bonds is 0. The maximum atomic E-state index is 1.50. The molecule has 0 heterocycles. The third-order valence-electron chi connectivity index (χ3n) is 3.00. The van der Waals surface area contributed by atoms with Crippen LogP contribution in [0.25, 0.3) is 0 Å². The standard InChI is InChI=1S/C12H24.3BrH/c1-2-4-6-8-10-12-11-9-7-5-3-1;;;/h1-12H2;3*1H. The van der Waals surface area contributed by atoms with Crippen LogP contribution in [-0.4, -0.2) is 0 Å². The first-order chi connectivity index (χ1) is 6.00. The predicted octanol–water partition coefficient (Wildman–Crippen LogP) is 6.41. The first-order valence-corrected chi connectivity index (χ1v) is 6.00. The van der Waals surface area contributed by atoms with Crippen molar-refractivity contribution in [2.75, 3.05) is 0 Å². The fourth-order valence-corrected chi connectivity index (χ4v) is 2.12. The van der Waals surface area contributed by atoms with Gasteiger partial charge in [-0.1, -0.05) is 77.0 Å². The lowest BCUT2D eigenvalue weighted by atomic mass is 10.0. The average Bonchev–Trinajstić information content (AvgIpc) is 2.05. The Kier molecular flexibility index (Phi) is 25.8. The Labute approximate surface area is 127 Å². The summed E-state index contributed by atoms with van der Waals surface area (Å²) in [4.78, 5) is 0. The van der Waals surface area contributed by atoms with Gasteiger partial charge in [0.1, 0.15) is 0 Å². The van der Waals surface area contributed by atoms with Gasteiger partial charge in [0, 0.05) is 0 Å². The van der Waals surface area contributed by atoms with E-state index in [-0.39, 0.29) is 50.9 Å². The maximum Gasteiger partial charge on any atom is -0.0533 e. The average molecular weight is 411 g/mol. The van der Waals surface area contributed by atoms with Crippen molar-refractivity contribution in [3.8, 4) is 0 Å². The van der Waals surface area contributed by atoms with Crippen molar-refractivity contribution in [3.63, 3.8) is 0 Å². The van der Waals surface area contributed by atoms with Crippen LogP contribution in [0.3, 0.4) is 0 Å². The maximum absolute atomic E-state index is 1.50. The molecule has 0 aromatic carbocycles. The highest BCUT2D eigenvalue weighted by atomic mass is 79.9. The molecule has 15 heavy (non-hydrogen) atoms. The van der Waals surface area contributed by atoms with Crippen LogP contribution < -0.4 is 0 Å². The molecule has 1 saturated carbocycles. The summed E-state index contributed by atoms with van der Waals surface area (Å²) in [5.74, 6) is 0. The van der Waals surface area contributed by atoms with Crippen molar-refractivity contribution >= 4 is 50.9 Å². The van der Waals surface area contributed by atoms with Crippen molar-refractivity contribution in [1.82, 2.24) is 0 Å². The van der Waals surface area contributed by atoms with Gasteiger partial charge in [0.2, 0.25) is 0 Å². The molecule has 0 aromatic rings. The molecule has 0 aromatic heterocycles. The molecular formula is C12H27Br3. The summed E-state index contributed by atoms with van der Waals surface area (Å²) in [5, 5.41) is 0. The molecule has 0 saturated heterocycles. The van der Waals surface area contributed by atoms with E-state index in [4.69, 9.17) is 0 Å². The molecule has 0 unspecified atom stereocenters. The van der Waals surface area contributed by atoms with Crippen LogP contribution in [0.4, 0.5) is 0 Å². The highest BCUT2D eigenvalue weighted by molar-refractivity contribution is 8.93. The zero-order valence-corrected chi connectivity index (χ0v) is 14.8. The molecule has 0 bridgehead atoms. The normalized spacial score (nSPS) is 19.2. The lowest BCUT2D eigenvalue weighted by molar-refractivity contribution is 0.504. The molecule has 0 spiro atoms. The van der Waals surface area contributed by atoms with Crippen molar-refractivity contribution in [2.45, 2.75) is 77.0 Å². The van der Waals surface area contributed by atoms with Gasteiger partial charge in [0.15, 0.2) is 0 Å². The van der Waals surface area contributed by atoms with E-state index in [2.05, 4.69) is 0 Å². The van der Waals surface area contributed by atoms with Crippen LogP contribution in [0.5, 0.6) is 0 Å².